The van der Waals surface area contributed by atoms with Crippen LogP contribution < -0.4 is 5.32 Å². The molecule has 4 rings (SSSR count). The van der Waals surface area contributed by atoms with Crippen LogP contribution in [0.25, 0.3) is 21.9 Å². The molecule has 0 aliphatic rings. The van der Waals surface area contributed by atoms with Gasteiger partial charge in [0.1, 0.15) is 11.3 Å². The molecule has 0 radical (unpaired) electrons. The Balaban J connectivity index is 1.25. The third-order valence-electron chi connectivity index (χ3n) is 9.59. The van der Waals surface area contributed by atoms with Gasteiger partial charge >= 0.3 is 0 Å². The lowest BCUT2D eigenvalue weighted by molar-refractivity contribution is 0.408. The van der Waals surface area contributed by atoms with Crippen molar-refractivity contribution < 1.29 is 0 Å². The molecule has 0 atom stereocenters. The Bertz CT molecular complexity index is 1440. The molecule has 0 unspecified atom stereocenters. The first-order chi connectivity index (χ1) is 22.9. The third kappa shape index (κ3) is 12.3. The van der Waals surface area contributed by atoms with Gasteiger partial charge in [-0.3, -0.25) is 4.98 Å². The number of rotatable bonds is 23. The SMILES string of the molecule is CCCCCCCCCCCCCCCCNCc1ccc(Cn2c(CCCC)nc3c(CC(C)(C)C)nc4ccccc4c32)cc1. The standard InChI is InChI=1S/C43H66N4/c1-6-8-10-11-12-13-14-15-16-17-18-19-20-23-31-44-33-35-27-29-36(30-28-35)34-47-40(26-9-7-2)46-41-39(32-43(3,4)5)45-38-25-22-21-24-37(38)42(41)47/h21-22,24-25,27-30,44H,6-20,23,26,31-34H2,1-5H3. The molecule has 1 N–H and O–H groups in total. The van der Waals surface area contributed by atoms with Crippen LogP contribution in [0, 0.1) is 5.41 Å². The van der Waals surface area contributed by atoms with Crippen LogP contribution in [-0.4, -0.2) is 21.1 Å². The maximum absolute atomic E-state index is 5.30. The number of pyridine rings is 1. The minimum atomic E-state index is 0.145. The smallest absolute Gasteiger partial charge is 0.111 e. The topological polar surface area (TPSA) is 42.7 Å². The Morgan fingerprint density at radius 1 is 0.638 bits per heavy atom. The quantitative estimate of drug-likeness (QED) is 0.0822. The zero-order chi connectivity index (χ0) is 33.3. The van der Waals surface area contributed by atoms with E-state index in [9.17, 15) is 0 Å². The number of benzene rings is 2. The molecule has 0 saturated carbocycles. The lowest BCUT2D eigenvalue weighted by atomic mass is 9.89. The minimum absolute atomic E-state index is 0.145. The summed E-state index contributed by atoms with van der Waals surface area (Å²) in [5.41, 5.74) is 7.38. The Hall–Kier alpha value is -2.72. The summed E-state index contributed by atoms with van der Waals surface area (Å²) in [4.78, 5) is 10.4. The van der Waals surface area contributed by atoms with Gasteiger partial charge in [-0.25, -0.2) is 4.98 Å². The van der Waals surface area contributed by atoms with E-state index in [-0.39, 0.29) is 5.41 Å². The maximum Gasteiger partial charge on any atom is 0.111 e. The lowest BCUT2D eigenvalue weighted by Crippen LogP contribution is -2.14. The van der Waals surface area contributed by atoms with E-state index in [0.29, 0.717) is 0 Å². The molecule has 0 saturated heterocycles. The molecule has 258 valence electrons. The first-order valence-corrected chi connectivity index (χ1v) is 19.4. The average molecular weight is 639 g/mol. The predicted molar refractivity (Wildman–Crippen MR) is 204 cm³/mol. The largest absolute Gasteiger partial charge is 0.323 e. The van der Waals surface area contributed by atoms with E-state index >= 15 is 0 Å². The molecule has 0 aliphatic carbocycles. The Labute approximate surface area is 287 Å². The molecular weight excluding hydrogens is 573 g/mol. The lowest BCUT2D eigenvalue weighted by Gasteiger charge is -2.18. The van der Waals surface area contributed by atoms with Gasteiger partial charge in [-0.1, -0.05) is 167 Å². The van der Waals surface area contributed by atoms with E-state index < -0.39 is 0 Å². The van der Waals surface area contributed by atoms with E-state index in [1.54, 1.807) is 0 Å². The fraction of sp³-hybridized carbons (Fsp3) is 0.628. The average Bonchev–Trinajstić information content (AvgIpc) is 3.42. The molecule has 0 spiro atoms. The van der Waals surface area contributed by atoms with Gasteiger partial charge < -0.3 is 9.88 Å². The molecule has 0 bridgehead atoms. The molecule has 47 heavy (non-hydrogen) atoms. The van der Waals surface area contributed by atoms with E-state index in [2.05, 4.69) is 93.0 Å². The molecule has 2 aromatic heterocycles. The fourth-order valence-electron chi connectivity index (χ4n) is 6.89. The highest BCUT2D eigenvalue weighted by molar-refractivity contribution is 6.03. The van der Waals surface area contributed by atoms with Gasteiger partial charge in [0.05, 0.1) is 16.7 Å². The normalized spacial score (nSPS) is 12.1. The minimum Gasteiger partial charge on any atom is -0.323 e. The second-order valence-electron chi connectivity index (χ2n) is 15.3. The van der Waals surface area contributed by atoms with E-state index in [4.69, 9.17) is 9.97 Å². The van der Waals surface area contributed by atoms with Crippen molar-refractivity contribution in [1.82, 2.24) is 19.9 Å². The number of nitrogens with zero attached hydrogens (tertiary/aromatic N) is 3. The van der Waals surface area contributed by atoms with E-state index in [1.807, 2.05) is 0 Å². The summed E-state index contributed by atoms with van der Waals surface area (Å²) in [5, 5.41) is 4.90. The van der Waals surface area contributed by atoms with Crippen LogP contribution in [0.1, 0.15) is 160 Å². The van der Waals surface area contributed by atoms with E-state index in [1.165, 1.54) is 118 Å². The Morgan fingerprint density at radius 2 is 1.21 bits per heavy atom. The number of nitrogens with one attached hydrogen (secondary N) is 1. The second kappa shape index (κ2) is 19.9. The predicted octanol–water partition coefficient (Wildman–Crippen LogP) is 12.1. The van der Waals surface area contributed by atoms with Crippen molar-refractivity contribution in [1.29, 1.82) is 0 Å². The highest BCUT2D eigenvalue weighted by Crippen LogP contribution is 2.32. The third-order valence-corrected chi connectivity index (χ3v) is 9.59. The Kier molecular flexibility index (Phi) is 15.7. The summed E-state index contributed by atoms with van der Waals surface area (Å²) >= 11 is 0. The van der Waals surface area contributed by atoms with E-state index in [0.717, 1.165) is 62.0 Å². The molecule has 2 aromatic carbocycles. The Morgan fingerprint density at radius 3 is 1.83 bits per heavy atom. The molecule has 4 heteroatoms. The van der Waals surface area contributed by atoms with Crippen LogP contribution in [-0.2, 0) is 25.9 Å². The molecule has 4 aromatic rings. The van der Waals surface area contributed by atoms with Gasteiger partial charge in [0, 0.05) is 24.9 Å². The highest BCUT2D eigenvalue weighted by atomic mass is 15.1. The van der Waals surface area contributed by atoms with Gasteiger partial charge in [-0.15, -0.1) is 0 Å². The fourth-order valence-corrected chi connectivity index (χ4v) is 6.89. The van der Waals surface area contributed by atoms with Crippen molar-refractivity contribution in [2.75, 3.05) is 6.54 Å². The van der Waals surface area contributed by atoms with Crippen molar-refractivity contribution in [3.05, 3.63) is 71.2 Å². The van der Waals surface area contributed by atoms with Crippen LogP contribution in [0.5, 0.6) is 0 Å². The number of fused-ring (bicyclic) bond motifs is 3. The molecular formula is C43H66N4. The molecule has 0 amide bonds. The van der Waals surface area contributed by atoms with Gasteiger partial charge in [0.25, 0.3) is 0 Å². The van der Waals surface area contributed by atoms with Crippen molar-refractivity contribution in [3.63, 3.8) is 0 Å². The van der Waals surface area contributed by atoms with Gasteiger partial charge in [0.15, 0.2) is 0 Å². The first-order valence-electron chi connectivity index (χ1n) is 19.4. The summed E-state index contributed by atoms with van der Waals surface area (Å²) in [5.74, 6) is 1.19. The highest BCUT2D eigenvalue weighted by Gasteiger charge is 2.22. The summed E-state index contributed by atoms with van der Waals surface area (Å²) in [6.45, 7) is 14.3. The maximum atomic E-state index is 5.30. The van der Waals surface area contributed by atoms with Crippen LogP contribution in [0.3, 0.4) is 0 Å². The monoisotopic (exact) mass is 639 g/mol. The summed E-state index contributed by atoms with van der Waals surface area (Å²) < 4.78 is 2.49. The molecule has 0 fully saturated rings. The first kappa shape index (κ1) is 37.1. The number of para-hydroxylation sites is 1. The number of hydrogen-bond donors (Lipinski definition) is 1. The zero-order valence-corrected chi connectivity index (χ0v) is 30.8. The summed E-state index contributed by atoms with van der Waals surface area (Å²) in [6, 6.07) is 17.9. The van der Waals surface area contributed by atoms with Crippen molar-refractivity contribution >= 4 is 21.9 Å². The van der Waals surface area contributed by atoms with Crippen molar-refractivity contribution in [3.8, 4) is 0 Å². The number of imidazole rings is 1. The number of unbranched alkanes of at least 4 members (excludes halogenated alkanes) is 14. The molecule has 0 aliphatic heterocycles. The van der Waals surface area contributed by atoms with Gasteiger partial charge in [0.2, 0.25) is 0 Å². The summed E-state index contributed by atoms with van der Waals surface area (Å²) in [7, 11) is 0. The number of aromatic nitrogens is 3. The van der Waals surface area contributed by atoms with Crippen molar-refractivity contribution in [2.24, 2.45) is 5.41 Å². The zero-order valence-electron chi connectivity index (χ0n) is 30.8. The number of aryl methyl sites for hydroxylation is 1. The van der Waals surface area contributed by atoms with Crippen LogP contribution in [0.2, 0.25) is 0 Å². The van der Waals surface area contributed by atoms with Crippen LogP contribution >= 0.6 is 0 Å². The van der Waals surface area contributed by atoms with Gasteiger partial charge in [-0.05, 0) is 48.4 Å². The van der Waals surface area contributed by atoms with Crippen molar-refractivity contribution in [2.45, 2.75) is 163 Å². The number of hydrogen-bond acceptors (Lipinski definition) is 3. The van der Waals surface area contributed by atoms with Gasteiger partial charge in [-0.2, -0.15) is 0 Å². The van der Waals surface area contributed by atoms with Crippen LogP contribution in [0.15, 0.2) is 48.5 Å². The molecule has 2 heterocycles. The molecule has 4 nitrogen and oxygen atoms in total. The second-order valence-corrected chi connectivity index (χ2v) is 15.3. The van der Waals surface area contributed by atoms with Crippen LogP contribution in [0.4, 0.5) is 0 Å². The summed E-state index contributed by atoms with van der Waals surface area (Å²) in [6.07, 6.45) is 24.0.